The van der Waals surface area contributed by atoms with Crippen molar-refractivity contribution in [3.63, 3.8) is 0 Å². The molecule has 0 radical (unpaired) electrons. The van der Waals surface area contributed by atoms with E-state index in [4.69, 9.17) is 23.7 Å². The molecule has 1 fully saturated rings. The highest BCUT2D eigenvalue weighted by Gasteiger charge is 2.50. The van der Waals surface area contributed by atoms with Gasteiger partial charge in [-0.15, -0.1) is 0 Å². The van der Waals surface area contributed by atoms with Gasteiger partial charge in [-0.05, 0) is 64.2 Å². The second-order valence-electron chi connectivity index (χ2n) is 22.7. The quantitative estimate of drug-likeness (QED) is 0.0228. The standard InChI is InChI=1S/C69H120O12/c1-4-7-10-13-16-19-22-25-28-30-31-33-36-39-42-45-48-51-54-57-63(72)80-67-65(74)64(73)66(68(75)76)81-69(67)78-59-60(79-62(71)56-53-50-47-44-41-38-34-27-24-21-18-15-12-9-6-3)58-77-61(70)55-52-49-46-43-40-37-35-32-29-26-23-20-17-14-11-8-5-2/h7,10,16,19,25,28,31,33,39,42,60,64-67,69,73-74H,4-6,8-9,11-15,17-18,20-24,26-27,29-30,32,34-38,40-41,43-59H2,1-3H3,(H,75,76)/b10-7-,19-16-,28-25-,33-31-,42-39-. The SMILES string of the molecule is CC/C=C\C/C=C\C/C=C\C/C=C\C/C=C\CCCCCC(=O)OC1C(OCC(COC(=O)CCCCCCCCCCCCCCCCCCC)OC(=O)CCCCCCCCCCCCCCCCC)OC(C(=O)O)C(O)C1O. The first-order valence-electron chi connectivity index (χ1n) is 33.3. The number of aliphatic hydroxyl groups is 2. The Kier molecular flexibility index (Phi) is 53.0. The zero-order chi connectivity index (χ0) is 58.9. The van der Waals surface area contributed by atoms with Crippen molar-refractivity contribution in [2.75, 3.05) is 13.2 Å². The molecule has 3 N–H and O–H groups in total. The van der Waals surface area contributed by atoms with Crippen LogP contribution >= 0.6 is 0 Å². The van der Waals surface area contributed by atoms with Gasteiger partial charge in [-0.25, -0.2) is 4.79 Å². The van der Waals surface area contributed by atoms with Crippen molar-refractivity contribution in [3.05, 3.63) is 60.8 Å². The highest BCUT2D eigenvalue weighted by molar-refractivity contribution is 5.74. The molecule has 1 heterocycles. The van der Waals surface area contributed by atoms with Crippen molar-refractivity contribution in [2.45, 2.75) is 340 Å². The number of carbonyl (C=O) groups is 4. The summed E-state index contributed by atoms with van der Waals surface area (Å²) >= 11 is 0. The number of aliphatic carboxylic acids is 1. The van der Waals surface area contributed by atoms with Crippen LogP contribution in [0.3, 0.4) is 0 Å². The Morgan fingerprint density at radius 1 is 0.420 bits per heavy atom. The molecule has 0 saturated carbocycles. The topological polar surface area (TPSA) is 175 Å². The molecule has 81 heavy (non-hydrogen) atoms. The van der Waals surface area contributed by atoms with Gasteiger partial charge < -0.3 is 39.0 Å². The summed E-state index contributed by atoms with van der Waals surface area (Å²) in [6, 6.07) is 0. The molecule has 6 unspecified atom stereocenters. The molecule has 12 heteroatoms. The molecule has 0 aromatic carbocycles. The van der Waals surface area contributed by atoms with Crippen molar-refractivity contribution in [1.29, 1.82) is 0 Å². The summed E-state index contributed by atoms with van der Waals surface area (Å²) in [5, 5.41) is 31.6. The lowest BCUT2D eigenvalue weighted by molar-refractivity contribution is -0.301. The average molecular weight is 1140 g/mol. The van der Waals surface area contributed by atoms with Crippen LogP contribution < -0.4 is 0 Å². The van der Waals surface area contributed by atoms with Crippen LogP contribution in [-0.4, -0.2) is 89.2 Å². The van der Waals surface area contributed by atoms with E-state index in [1.54, 1.807) is 0 Å². The first kappa shape index (κ1) is 75.4. The minimum absolute atomic E-state index is 0.0228. The molecule has 1 aliphatic heterocycles. The minimum Gasteiger partial charge on any atom is -0.479 e. The maximum Gasteiger partial charge on any atom is 0.335 e. The van der Waals surface area contributed by atoms with E-state index in [2.05, 4.69) is 81.5 Å². The Bertz CT molecular complexity index is 1640. The number of carbonyl (C=O) groups excluding carboxylic acids is 3. The molecule has 0 amide bonds. The Balaban J connectivity index is 2.66. The molecule has 1 saturated heterocycles. The summed E-state index contributed by atoms with van der Waals surface area (Å²) in [4.78, 5) is 51.3. The minimum atomic E-state index is -1.91. The lowest BCUT2D eigenvalue weighted by Crippen LogP contribution is -2.61. The van der Waals surface area contributed by atoms with Crippen LogP contribution in [0.15, 0.2) is 60.8 Å². The largest absolute Gasteiger partial charge is 0.479 e. The maximum absolute atomic E-state index is 13.2. The van der Waals surface area contributed by atoms with Gasteiger partial charge in [0.05, 0.1) is 6.61 Å². The fourth-order valence-electron chi connectivity index (χ4n) is 10.0. The molecule has 0 aliphatic carbocycles. The Morgan fingerprint density at radius 2 is 0.778 bits per heavy atom. The lowest BCUT2D eigenvalue weighted by atomic mass is 9.98. The summed E-state index contributed by atoms with van der Waals surface area (Å²) < 4.78 is 28.5. The fraction of sp³-hybridized carbons (Fsp3) is 0.797. The first-order chi connectivity index (χ1) is 39.6. The Labute approximate surface area is 494 Å². The monoisotopic (exact) mass is 1140 g/mol. The predicted molar refractivity (Wildman–Crippen MR) is 331 cm³/mol. The molecule has 0 aromatic heterocycles. The van der Waals surface area contributed by atoms with Gasteiger partial charge in [0, 0.05) is 19.3 Å². The van der Waals surface area contributed by atoms with Gasteiger partial charge in [-0.3, -0.25) is 14.4 Å². The lowest BCUT2D eigenvalue weighted by Gasteiger charge is -2.40. The van der Waals surface area contributed by atoms with Crippen LogP contribution in [0.25, 0.3) is 0 Å². The molecule has 12 nitrogen and oxygen atoms in total. The van der Waals surface area contributed by atoms with Gasteiger partial charge in [0.15, 0.2) is 24.6 Å². The molecule has 1 rings (SSSR count). The number of carboxylic acids is 1. The van der Waals surface area contributed by atoms with E-state index in [0.29, 0.717) is 19.3 Å². The number of hydrogen-bond acceptors (Lipinski definition) is 11. The number of carboxylic acid groups (broad SMARTS) is 1. The second-order valence-corrected chi connectivity index (χ2v) is 22.7. The summed E-state index contributed by atoms with van der Waals surface area (Å²) in [6.45, 7) is 5.92. The van der Waals surface area contributed by atoms with E-state index < -0.39 is 67.3 Å². The number of hydrogen-bond donors (Lipinski definition) is 3. The van der Waals surface area contributed by atoms with Gasteiger partial charge >= 0.3 is 23.9 Å². The first-order valence-corrected chi connectivity index (χ1v) is 33.3. The Hall–Kier alpha value is -3.58. The molecule has 0 bridgehead atoms. The number of unbranched alkanes of at least 4 members (excludes halogenated alkanes) is 33. The summed E-state index contributed by atoms with van der Waals surface area (Å²) in [7, 11) is 0. The van der Waals surface area contributed by atoms with Crippen LogP contribution in [0.4, 0.5) is 0 Å². The molecular weight excluding hydrogens is 1020 g/mol. The van der Waals surface area contributed by atoms with E-state index in [0.717, 1.165) is 89.9 Å². The van der Waals surface area contributed by atoms with Crippen molar-refractivity contribution in [3.8, 4) is 0 Å². The molecule has 1 aliphatic rings. The molecule has 0 aromatic rings. The predicted octanol–water partition coefficient (Wildman–Crippen LogP) is 17.9. The average Bonchev–Trinajstić information content (AvgIpc) is 3.54. The van der Waals surface area contributed by atoms with E-state index in [1.165, 1.54) is 154 Å². The van der Waals surface area contributed by atoms with Crippen LogP contribution in [0, 0.1) is 0 Å². The van der Waals surface area contributed by atoms with Crippen LogP contribution in [0.1, 0.15) is 303 Å². The van der Waals surface area contributed by atoms with Crippen molar-refractivity contribution in [1.82, 2.24) is 0 Å². The third-order valence-electron chi connectivity index (χ3n) is 15.1. The van der Waals surface area contributed by atoms with Crippen molar-refractivity contribution < 1.29 is 58.2 Å². The molecule has 0 spiro atoms. The van der Waals surface area contributed by atoms with Crippen LogP contribution in [0.5, 0.6) is 0 Å². The fourth-order valence-corrected chi connectivity index (χ4v) is 10.0. The normalized spacial score (nSPS) is 18.1. The molecule has 6 atom stereocenters. The van der Waals surface area contributed by atoms with Gasteiger partial charge in [0.1, 0.15) is 18.8 Å². The van der Waals surface area contributed by atoms with Gasteiger partial charge in [0.25, 0.3) is 0 Å². The Morgan fingerprint density at radius 3 is 1.19 bits per heavy atom. The van der Waals surface area contributed by atoms with E-state index in [-0.39, 0.29) is 25.9 Å². The van der Waals surface area contributed by atoms with Gasteiger partial charge in [-0.2, -0.15) is 0 Å². The molecular formula is C69H120O12. The highest BCUT2D eigenvalue weighted by atomic mass is 16.7. The maximum atomic E-state index is 13.2. The van der Waals surface area contributed by atoms with Crippen LogP contribution in [0.2, 0.25) is 0 Å². The number of ether oxygens (including phenoxy) is 5. The van der Waals surface area contributed by atoms with E-state index >= 15 is 0 Å². The number of esters is 3. The smallest absolute Gasteiger partial charge is 0.335 e. The van der Waals surface area contributed by atoms with E-state index in [9.17, 15) is 34.5 Å². The zero-order valence-electron chi connectivity index (χ0n) is 51.8. The number of aliphatic hydroxyl groups excluding tert-OH is 2. The number of allylic oxidation sites excluding steroid dienone is 10. The zero-order valence-corrected chi connectivity index (χ0v) is 51.8. The van der Waals surface area contributed by atoms with Crippen LogP contribution in [-0.2, 0) is 42.9 Å². The third kappa shape index (κ3) is 46.5. The third-order valence-corrected chi connectivity index (χ3v) is 15.1. The highest BCUT2D eigenvalue weighted by Crippen LogP contribution is 2.27. The van der Waals surface area contributed by atoms with Crippen molar-refractivity contribution >= 4 is 23.9 Å². The second kappa shape index (κ2) is 56.9. The number of rotatable bonds is 57. The summed E-state index contributed by atoms with van der Waals surface area (Å²) in [6.07, 6.45) is 58.9. The summed E-state index contributed by atoms with van der Waals surface area (Å²) in [5.74, 6) is -3.13. The van der Waals surface area contributed by atoms with Gasteiger partial charge in [0.2, 0.25) is 0 Å². The molecule has 468 valence electrons. The van der Waals surface area contributed by atoms with E-state index in [1.807, 2.05) is 0 Å². The van der Waals surface area contributed by atoms with Crippen molar-refractivity contribution in [2.24, 2.45) is 0 Å². The summed E-state index contributed by atoms with van der Waals surface area (Å²) in [5.41, 5.74) is 0. The van der Waals surface area contributed by atoms with Gasteiger partial charge in [-0.1, -0.05) is 281 Å².